The van der Waals surface area contributed by atoms with Crippen molar-refractivity contribution >= 4 is 5.91 Å². The summed E-state index contributed by atoms with van der Waals surface area (Å²) in [6.07, 6.45) is 3.08. The third kappa shape index (κ3) is 4.56. The van der Waals surface area contributed by atoms with E-state index in [-0.39, 0.29) is 11.9 Å². The van der Waals surface area contributed by atoms with Gasteiger partial charge in [0.1, 0.15) is 0 Å². The van der Waals surface area contributed by atoms with Gasteiger partial charge in [-0.3, -0.25) is 4.79 Å². The summed E-state index contributed by atoms with van der Waals surface area (Å²) in [5, 5.41) is 0. The maximum Gasteiger partial charge on any atom is 0.222 e. The van der Waals surface area contributed by atoms with E-state index < -0.39 is 11.6 Å². The molecular formula is C15H22F2N2O. The van der Waals surface area contributed by atoms with Crippen molar-refractivity contribution in [3.63, 3.8) is 0 Å². The van der Waals surface area contributed by atoms with Crippen LogP contribution in [0.2, 0.25) is 0 Å². The van der Waals surface area contributed by atoms with Gasteiger partial charge in [0.25, 0.3) is 0 Å². The Labute approximate surface area is 118 Å². The molecule has 0 heterocycles. The zero-order valence-corrected chi connectivity index (χ0v) is 12.0. The maximum atomic E-state index is 13.2. The van der Waals surface area contributed by atoms with Crippen LogP contribution >= 0.6 is 0 Å². The number of halogens is 2. The van der Waals surface area contributed by atoms with Crippen LogP contribution in [0, 0.1) is 11.6 Å². The molecule has 2 N–H and O–H groups in total. The second-order valence-corrected chi connectivity index (χ2v) is 4.95. The van der Waals surface area contributed by atoms with Crippen LogP contribution < -0.4 is 5.73 Å². The molecule has 0 aliphatic carbocycles. The molecule has 0 aliphatic heterocycles. The van der Waals surface area contributed by atoms with E-state index in [1.165, 1.54) is 6.07 Å². The van der Waals surface area contributed by atoms with Gasteiger partial charge in [-0.15, -0.1) is 0 Å². The maximum absolute atomic E-state index is 13.2. The van der Waals surface area contributed by atoms with Crippen LogP contribution in [-0.4, -0.2) is 24.4 Å². The topological polar surface area (TPSA) is 46.3 Å². The Morgan fingerprint density at radius 2 is 1.95 bits per heavy atom. The van der Waals surface area contributed by atoms with Gasteiger partial charge in [-0.1, -0.05) is 12.5 Å². The minimum absolute atomic E-state index is 0.000690. The fourth-order valence-corrected chi connectivity index (χ4v) is 1.99. The van der Waals surface area contributed by atoms with Crippen LogP contribution in [0.3, 0.4) is 0 Å². The number of amides is 1. The molecule has 0 aromatic heterocycles. The van der Waals surface area contributed by atoms with E-state index in [0.717, 1.165) is 31.4 Å². The number of hydrogen-bond acceptors (Lipinski definition) is 2. The summed E-state index contributed by atoms with van der Waals surface area (Å²) in [4.78, 5) is 13.6. The summed E-state index contributed by atoms with van der Waals surface area (Å²) < 4.78 is 26.1. The molecule has 0 spiro atoms. The largest absolute Gasteiger partial charge is 0.339 e. The van der Waals surface area contributed by atoms with Crippen molar-refractivity contribution in [2.45, 2.75) is 38.6 Å². The molecule has 1 aromatic carbocycles. The Balaban J connectivity index is 2.58. The molecule has 112 valence electrons. The Morgan fingerprint density at radius 3 is 2.55 bits per heavy atom. The highest BCUT2D eigenvalue weighted by Gasteiger charge is 2.18. The molecule has 1 atom stereocenters. The molecule has 0 radical (unpaired) electrons. The van der Waals surface area contributed by atoms with Crippen molar-refractivity contribution in [1.29, 1.82) is 0 Å². The summed E-state index contributed by atoms with van der Waals surface area (Å²) in [6, 6.07) is 3.44. The van der Waals surface area contributed by atoms with Crippen molar-refractivity contribution in [3.05, 3.63) is 35.4 Å². The van der Waals surface area contributed by atoms with Gasteiger partial charge < -0.3 is 10.6 Å². The van der Waals surface area contributed by atoms with Gasteiger partial charge >= 0.3 is 0 Å². The Hall–Kier alpha value is -1.49. The Kier molecular flexibility index (Phi) is 6.58. The highest BCUT2D eigenvalue weighted by atomic mass is 19.2. The third-order valence-electron chi connectivity index (χ3n) is 3.50. The second-order valence-electron chi connectivity index (χ2n) is 4.95. The molecule has 1 amide bonds. The van der Waals surface area contributed by atoms with Crippen molar-refractivity contribution in [3.8, 4) is 0 Å². The van der Waals surface area contributed by atoms with Gasteiger partial charge in [0.05, 0.1) is 6.04 Å². The number of carbonyl (C=O) groups is 1. The van der Waals surface area contributed by atoms with Crippen molar-refractivity contribution in [1.82, 2.24) is 4.90 Å². The molecule has 0 fully saturated rings. The summed E-state index contributed by atoms with van der Waals surface area (Å²) in [7, 11) is 1.68. The van der Waals surface area contributed by atoms with Gasteiger partial charge in [-0.25, -0.2) is 8.78 Å². The lowest BCUT2D eigenvalue weighted by Gasteiger charge is -2.25. The molecule has 0 saturated carbocycles. The standard InChI is InChI=1S/C15H22F2N2O/c1-11(12-7-8-13(16)14(17)10-12)19(2)15(20)6-4-3-5-9-18/h7-8,10-11H,3-6,9,18H2,1-2H3. The average Bonchev–Trinajstić information content (AvgIpc) is 2.44. The van der Waals surface area contributed by atoms with Crippen LogP contribution in [0.15, 0.2) is 18.2 Å². The van der Waals surface area contributed by atoms with Crippen LogP contribution in [0.25, 0.3) is 0 Å². The molecule has 3 nitrogen and oxygen atoms in total. The van der Waals surface area contributed by atoms with E-state index in [9.17, 15) is 13.6 Å². The van der Waals surface area contributed by atoms with Gasteiger partial charge in [0.2, 0.25) is 5.91 Å². The summed E-state index contributed by atoms with van der Waals surface area (Å²) >= 11 is 0. The van der Waals surface area contributed by atoms with E-state index in [2.05, 4.69) is 0 Å². The SMILES string of the molecule is CC(c1ccc(F)c(F)c1)N(C)C(=O)CCCCCN. The molecule has 0 aliphatic rings. The molecule has 1 aromatic rings. The molecule has 20 heavy (non-hydrogen) atoms. The predicted molar refractivity (Wildman–Crippen MR) is 75.1 cm³/mol. The number of rotatable bonds is 7. The molecule has 5 heteroatoms. The highest BCUT2D eigenvalue weighted by Crippen LogP contribution is 2.21. The van der Waals surface area contributed by atoms with E-state index in [0.29, 0.717) is 18.5 Å². The number of unbranched alkanes of at least 4 members (excludes halogenated alkanes) is 2. The van der Waals surface area contributed by atoms with Gasteiger partial charge in [0.15, 0.2) is 11.6 Å². The first-order valence-corrected chi connectivity index (χ1v) is 6.88. The van der Waals surface area contributed by atoms with E-state index >= 15 is 0 Å². The summed E-state index contributed by atoms with van der Waals surface area (Å²) in [5.41, 5.74) is 5.98. The van der Waals surface area contributed by atoms with E-state index in [1.807, 2.05) is 0 Å². The van der Waals surface area contributed by atoms with E-state index in [4.69, 9.17) is 5.73 Å². The molecular weight excluding hydrogens is 262 g/mol. The number of hydrogen-bond donors (Lipinski definition) is 1. The number of benzene rings is 1. The quantitative estimate of drug-likeness (QED) is 0.782. The fraction of sp³-hybridized carbons (Fsp3) is 0.533. The molecule has 1 unspecified atom stereocenters. The molecule has 0 saturated heterocycles. The normalized spacial score (nSPS) is 12.2. The highest BCUT2D eigenvalue weighted by molar-refractivity contribution is 5.76. The predicted octanol–water partition coefficient (Wildman–Crippen LogP) is 3.00. The second kappa shape index (κ2) is 7.94. The monoisotopic (exact) mass is 284 g/mol. The number of nitrogens with zero attached hydrogens (tertiary/aromatic N) is 1. The Bertz CT molecular complexity index is 451. The number of carbonyl (C=O) groups excluding carboxylic acids is 1. The van der Waals surface area contributed by atoms with Crippen LogP contribution in [0.5, 0.6) is 0 Å². The first-order valence-electron chi connectivity index (χ1n) is 6.88. The van der Waals surface area contributed by atoms with Gasteiger partial charge in [0, 0.05) is 13.5 Å². The fourth-order valence-electron chi connectivity index (χ4n) is 1.99. The lowest BCUT2D eigenvalue weighted by atomic mass is 10.1. The van der Waals surface area contributed by atoms with Crippen LogP contribution in [0.1, 0.15) is 44.2 Å². The van der Waals surface area contributed by atoms with Crippen molar-refractivity contribution in [2.24, 2.45) is 5.73 Å². The van der Waals surface area contributed by atoms with Crippen LogP contribution in [-0.2, 0) is 4.79 Å². The first-order chi connectivity index (χ1) is 9.47. The lowest BCUT2D eigenvalue weighted by Crippen LogP contribution is -2.29. The zero-order chi connectivity index (χ0) is 15.1. The summed E-state index contributed by atoms with van der Waals surface area (Å²) in [6.45, 7) is 2.43. The van der Waals surface area contributed by atoms with Gasteiger partial charge in [-0.05, 0) is 44.0 Å². The molecule has 1 rings (SSSR count). The smallest absolute Gasteiger partial charge is 0.222 e. The van der Waals surface area contributed by atoms with Crippen LogP contribution in [0.4, 0.5) is 8.78 Å². The zero-order valence-electron chi connectivity index (χ0n) is 12.0. The summed E-state index contributed by atoms with van der Waals surface area (Å²) in [5.74, 6) is -1.77. The number of nitrogens with two attached hydrogens (primary N) is 1. The molecule has 0 bridgehead atoms. The minimum atomic E-state index is -0.891. The van der Waals surface area contributed by atoms with E-state index in [1.54, 1.807) is 18.9 Å². The Morgan fingerprint density at radius 1 is 1.25 bits per heavy atom. The van der Waals surface area contributed by atoms with Gasteiger partial charge in [-0.2, -0.15) is 0 Å². The average molecular weight is 284 g/mol. The van der Waals surface area contributed by atoms with Crippen molar-refractivity contribution in [2.75, 3.05) is 13.6 Å². The third-order valence-corrected chi connectivity index (χ3v) is 3.50. The first kappa shape index (κ1) is 16.6. The minimum Gasteiger partial charge on any atom is -0.339 e. The van der Waals surface area contributed by atoms with Crippen molar-refractivity contribution < 1.29 is 13.6 Å². The lowest BCUT2D eigenvalue weighted by molar-refractivity contribution is -0.131.